The largest absolute Gasteiger partial charge is 0.374 e. The Bertz CT molecular complexity index is 261. The molecule has 5 heteroatoms. The predicted octanol–water partition coefficient (Wildman–Crippen LogP) is 1.58. The summed E-state index contributed by atoms with van der Waals surface area (Å²) in [6.07, 6.45) is 6.67. The molecule has 0 aromatic rings. The number of carbonyl (C=O) groups is 1. The molecule has 1 saturated heterocycles. The van der Waals surface area contributed by atoms with Crippen molar-refractivity contribution in [3.05, 3.63) is 0 Å². The van der Waals surface area contributed by atoms with Crippen LogP contribution in [0.3, 0.4) is 0 Å². The molecule has 1 aliphatic heterocycles. The molecule has 2 aliphatic rings. The lowest BCUT2D eigenvalue weighted by Crippen LogP contribution is -2.54. The maximum absolute atomic E-state index is 12.2. The van der Waals surface area contributed by atoms with Gasteiger partial charge in [0.2, 0.25) is 5.91 Å². The molecule has 1 saturated carbocycles. The van der Waals surface area contributed by atoms with E-state index in [4.69, 9.17) is 4.74 Å². The Hall–Kier alpha value is -0.320. The molecule has 0 aromatic carbocycles. The van der Waals surface area contributed by atoms with Crippen molar-refractivity contribution in [1.29, 1.82) is 0 Å². The second-order valence-electron chi connectivity index (χ2n) is 5.06. The fourth-order valence-corrected chi connectivity index (χ4v) is 2.97. The molecule has 2 unspecified atom stereocenters. The lowest BCUT2D eigenvalue weighted by Gasteiger charge is -2.43. The molecular weight excluding hydrogens is 252 g/mol. The summed E-state index contributed by atoms with van der Waals surface area (Å²) in [6, 6.07) is 0.361. The highest BCUT2D eigenvalue weighted by Gasteiger charge is 2.36. The molecule has 18 heavy (non-hydrogen) atoms. The first kappa shape index (κ1) is 15.7. The van der Waals surface area contributed by atoms with E-state index in [1.165, 1.54) is 12.8 Å². The van der Waals surface area contributed by atoms with Crippen molar-refractivity contribution in [2.75, 3.05) is 26.7 Å². The van der Waals surface area contributed by atoms with Crippen LogP contribution in [0.5, 0.6) is 0 Å². The van der Waals surface area contributed by atoms with Crippen molar-refractivity contribution in [3.8, 4) is 0 Å². The van der Waals surface area contributed by atoms with Crippen LogP contribution < -0.4 is 5.32 Å². The maximum atomic E-state index is 12.2. The molecule has 0 spiro atoms. The van der Waals surface area contributed by atoms with Gasteiger partial charge in [-0.25, -0.2) is 0 Å². The van der Waals surface area contributed by atoms with Gasteiger partial charge in [0, 0.05) is 13.0 Å². The van der Waals surface area contributed by atoms with E-state index in [0.717, 1.165) is 39.0 Å². The second kappa shape index (κ2) is 7.97. The van der Waals surface area contributed by atoms with E-state index in [9.17, 15) is 4.79 Å². The molecule has 0 radical (unpaired) electrons. The normalized spacial score (nSPS) is 27.3. The van der Waals surface area contributed by atoms with E-state index in [2.05, 4.69) is 10.2 Å². The molecular formula is C13H25ClN2O2. The second-order valence-corrected chi connectivity index (χ2v) is 5.06. The number of ether oxygens (including phenoxy) is 1. The summed E-state index contributed by atoms with van der Waals surface area (Å²) in [5, 5.41) is 3.09. The van der Waals surface area contributed by atoms with Gasteiger partial charge in [-0.2, -0.15) is 0 Å². The zero-order chi connectivity index (χ0) is 12.1. The number of morpholine rings is 1. The van der Waals surface area contributed by atoms with Gasteiger partial charge in [0.15, 0.2) is 0 Å². The van der Waals surface area contributed by atoms with E-state index in [1.807, 2.05) is 7.05 Å². The van der Waals surface area contributed by atoms with Gasteiger partial charge in [0.25, 0.3) is 0 Å². The maximum Gasteiger partial charge on any atom is 0.223 e. The molecule has 1 aliphatic carbocycles. The fourth-order valence-electron chi connectivity index (χ4n) is 2.97. The first-order valence-electron chi connectivity index (χ1n) is 6.88. The Labute approximate surface area is 116 Å². The van der Waals surface area contributed by atoms with Crippen LogP contribution in [0, 0.1) is 0 Å². The number of amides is 1. The Kier molecular flexibility index (Phi) is 6.97. The van der Waals surface area contributed by atoms with Crippen LogP contribution in [-0.4, -0.2) is 49.7 Å². The van der Waals surface area contributed by atoms with E-state index in [0.29, 0.717) is 24.5 Å². The number of halogens is 1. The molecule has 4 nitrogen and oxygen atoms in total. The van der Waals surface area contributed by atoms with Crippen molar-refractivity contribution in [3.63, 3.8) is 0 Å². The Balaban J connectivity index is 0.00000162. The highest BCUT2D eigenvalue weighted by atomic mass is 35.5. The lowest BCUT2D eigenvalue weighted by atomic mass is 9.90. The van der Waals surface area contributed by atoms with Gasteiger partial charge in [-0.3, -0.25) is 4.79 Å². The van der Waals surface area contributed by atoms with E-state index in [-0.39, 0.29) is 12.4 Å². The highest BCUT2D eigenvalue weighted by molar-refractivity contribution is 5.85. The summed E-state index contributed by atoms with van der Waals surface area (Å²) in [7, 11) is 1.93. The van der Waals surface area contributed by atoms with Gasteiger partial charge in [-0.15, -0.1) is 12.4 Å². The third-order valence-corrected chi connectivity index (χ3v) is 3.87. The summed E-state index contributed by atoms with van der Waals surface area (Å²) in [5.41, 5.74) is 0. The number of rotatable bonds is 4. The van der Waals surface area contributed by atoms with Gasteiger partial charge in [0.1, 0.15) is 0 Å². The summed E-state index contributed by atoms with van der Waals surface area (Å²) >= 11 is 0. The molecule has 0 aromatic heterocycles. The van der Waals surface area contributed by atoms with Crippen molar-refractivity contribution in [2.45, 2.75) is 50.7 Å². The van der Waals surface area contributed by atoms with Gasteiger partial charge in [-0.05, 0) is 32.9 Å². The number of carbonyl (C=O) groups excluding carboxylic acids is 1. The van der Waals surface area contributed by atoms with Crippen LogP contribution in [0.1, 0.15) is 38.5 Å². The molecule has 1 amide bonds. The van der Waals surface area contributed by atoms with Crippen LogP contribution in [0.4, 0.5) is 0 Å². The van der Waals surface area contributed by atoms with Crippen LogP contribution in [0.2, 0.25) is 0 Å². The third kappa shape index (κ3) is 3.84. The minimum atomic E-state index is 0. The lowest BCUT2D eigenvalue weighted by molar-refractivity contribution is -0.149. The molecule has 106 valence electrons. The first-order chi connectivity index (χ1) is 8.33. The Morgan fingerprint density at radius 1 is 1.39 bits per heavy atom. The monoisotopic (exact) mass is 276 g/mol. The van der Waals surface area contributed by atoms with Crippen molar-refractivity contribution in [1.82, 2.24) is 10.2 Å². The van der Waals surface area contributed by atoms with Crippen LogP contribution in [0.25, 0.3) is 0 Å². The third-order valence-electron chi connectivity index (χ3n) is 3.87. The topological polar surface area (TPSA) is 41.6 Å². The molecule has 2 fully saturated rings. The smallest absolute Gasteiger partial charge is 0.223 e. The summed E-state index contributed by atoms with van der Waals surface area (Å²) in [4.78, 5) is 14.3. The summed E-state index contributed by atoms with van der Waals surface area (Å²) in [6.45, 7) is 2.43. The van der Waals surface area contributed by atoms with Crippen LogP contribution in [0.15, 0.2) is 0 Å². The average Bonchev–Trinajstić information content (AvgIpc) is 2.38. The number of nitrogens with zero attached hydrogens (tertiary/aromatic N) is 1. The minimum Gasteiger partial charge on any atom is -0.374 e. The number of fused-ring (bicyclic) bond motifs is 1. The number of nitrogens with one attached hydrogen (secondary N) is 1. The van der Waals surface area contributed by atoms with E-state index >= 15 is 0 Å². The van der Waals surface area contributed by atoms with E-state index < -0.39 is 0 Å². The standard InChI is InChI=1S/C13H24N2O2.ClH/c1-14-8-4-7-13(16)15-9-10-17-12-6-3-2-5-11(12)15;/h11-12,14H,2-10H2,1H3;1H. The van der Waals surface area contributed by atoms with Crippen molar-refractivity contribution >= 4 is 18.3 Å². The molecule has 2 atom stereocenters. The Morgan fingerprint density at radius 2 is 2.17 bits per heavy atom. The van der Waals surface area contributed by atoms with Crippen LogP contribution in [-0.2, 0) is 9.53 Å². The molecule has 1 heterocycles. The number of hydrogen-bond acceptors (Lipinski definition) is 3. The van der Waals surface area contributed by atoms with Gasteiger partial charge < -0.3 is 15.0 Å². The highest BCUT2D eigenvalue weighted by Crippen LogP contribution is 2.28. The summed E-state index contributed by atoms with van der Waals surface area (Å²) in [5.74, 6) is 0.320. The van der Waals surface area contributed by atoms with Gasteiger partial charge in [0.05, 0.1) is 18.8 Å². The molecule has 2 rings (SSSR count). The quantitative estimate of drug-likeness (QED) is 0.793. The number of hydrogen-bond donors (Lipinski definition) is 1. The fraction of sp³-hybridized carbons (Fsp3) is 0.923. The van der Waals surface area contributed by atoms with Crippen molar-refractivity contribution < 1.29 is 9.53 Å². The average molecular weight is 277 g/mol. The van der Waals surface area contributed by atoms with E-state index in [1.54, 1.807) is 0 Å². The first-order valence-corrected chi connectivity index (χ1v) is 6.88. The zero-order valence-electron chi connectivity index (χ0n) is 11.2. The molecule has 0 bridgehead atoms. The van der Waals surface area contributed by atoms with Crippen LogP contribution >= 0.6 is 12.4 Å². The van der Waals surface area contributed by atoms with Gasteiger partial charge >= 0.3 is 0 Å². The zero-order valence-corrected chi connectivity index (χ0v) is 12.0. The SMILES string of the molecule is CNCCCC(=O)N1CCOC2CCCCC21.Cl. The van der Waals surface area contributed by atoms with Crippen molar-refractivity contribution in [2.24, 2.45) is 0 Å². The minimum absolute atomic E-state index is 0. The Morgan fingerprint density at radius 3 is 2.94 bits per heavy atom. The van der Waals surface area contributed by atoms with Gasteiger partial charge in [-0.1, -0.05) is 12.8 Å². The predicted molar refractivity (Wildman–Crippen MR) is 74.1 cm³/mol. The molecule has 1 N–H and O–H groups in total. The summed E-state index contributed by atoms with van der Waals surface area (Å²) < 4.78 is 5.78.